The summed E-state index contributed by atoms with van der Waals surface area (Å²) in [4.78, 5) is 0. The fourth-order valence-corrected chi connectivity index (χ4v) is 2.12. The molecule has 15 heavy (non-hydrogen) atoms. The molecule has 1 saturated carbocycles. The molecule has 1 aromatic carbocycles. The van der Waals surface area contributed by atoms with E-state index in [9.17, 15) is 0 Å². The molecule has 3 heteroatoms. The van der Waals surface area contributed by atoms with Crippen LogP contribution in [0.5, 0.6) is 5.75 Å². The Balaban J connectivity index is 1.95. The van der Waals surface area contributed by atoms with Crippen molar-refractivity contribution >= 4 is 23.2 Å². The highest BCUT2D eigenvalue weighted by Crippen LogP contribution is 2.33. The molecule has 0 spiro atoms. The van der Waals surface area contributed by atoms with E-state index in [0.29, 0.717) is 10.9 Å². The quantitative estimate of drug-likeness (QED) is 0.704. The molecule has 0 heterocycles. The Morgan fingerprint density at radius 2 is 2.13 bits per heavy atom. The number of rotatable bonds is 5. The summed E-state index contributed by atoms with van der Waals surface area (Å²) in [5.74, 6) is 2.13. The number of halogens is 2. The summed E-state index contributed by atoms with van der Waals surface area (Å²) in [6.45, 7) is 0.773. The van der Waals surface area contributed by atoms with E-state index < -0.39 is 0 Å². The fourth-order valence-electron chi connectivity index (χ4n) is 1.55. The highest BCUT2D eigenvalue weighted by Gasteiger charge is 2.20. The second-order valence-corrected chi connectivity index (χ2v) is 4.61. The normalized spacial score (nSPS) is 15.3. The van der Waals surface area contributed by atoms with Gasteiger partial charge in [-0.2, -0.15) is 0 Å². The molecule has 0 unspecified atom stereocenters. The lowest BCUT2D eigenvalue weighted by atomic mass is 10.2. The first-order chi connectivity index (χ1) is 7.31. The second kappa shape index (κ2) is 5.09. The highest BCUT2D eigenvalue weighted by molar-refractivity contribution is 6.32. The zero-order chi connectivity index (χ0) is 10.7. The zero-order valence-corrected chi connectivity index (χ0v) is 10.0. The van der Waals surface area contributed by atoms with Gasteiger partial charge in [-0.3, -0.25) is 0 Å². The van der Waals surface area contributed by atoms with Crippen molar-refractivity contribution in [2.24, 2.45) is 5.92 Å². The predicted octanol–water partition coefficient (Wildman–Crippen LogP) is 4.26. The van der Waals surface area contributed by atoms with Crippen molar-refractivity contribution in [1.82, 2.24) is 0 Å². The van der Waals surface area contributed by atoms with Crippen LogP contribution in [0.25, 0.3) is 0 Å². The van der Waals surface area contributed by atoms with E-state index in [1.54, 1.807) is 0 Å². The van der Waals surface area contributed by atoms with Gasteiger partial charge in [0.15, 0.2) is 0 Å². The van der Waals surface area contributed by atoms with Gasteiger partial charge in [-0.05, 0) is 24.5 Å². The molecule has 82 valence electrons. The lowest BCUT2D eigenvalue weighted by Gasteiger charge is -2.10. The van der Waals surface area contributed by atoms with Crippen molar-refractivity contribution in [1.29, 1.82) is 0 Å². The molecule has 1 aliphatic carbocycles. The third-order valence-electron chi connectivity index (χ3n) is 2.69. The van der Waals surface area contributed by atoms with Gasteiger partial charge in [0.25, 0.3) is 0 Å². The first-order valence-electron chi connectivity index (χ1n) is 5.27. The molecule has 2 rings (SSSR count). The SMILES string of the molecule is ClCc1c(Cl)cccc1OCCC1CC1. The summed E-state index contributed by atoms with van der Waals surface area (Å²) in [7, 11) is 0. The van der Waals surface area contributed by atoms with Crippen molar-refractivity contribution in [2.45, 2.75) is 25.1 Å². The molecular weight excluding hydrogens is 231 g/mol. The van der Waals surface area contributed by atoms with Crippen molar-refractivity contribution in [2.75, 3.05) is 6.61 Å². The maximum atomic E-state index is 6.02. The molecule has 0 aromatic heterocycles. The van der Waals surface area contributed by atoms with Crippen LogP contribution >= 0.6 is 23.2 Å². The Labute approximate surface area is 100 Å². The van der Waals surface area contributed by atoms with E-state index >= 15 is 0 Å². The van der Waals surface area contributed by atoms with Crippen LogP contribution in [-0.2, 0) is 5.88 Å². The molecular formula is C12H14Cl2O. The Morgan fingerprint density at radius 3 is 2.80 bits per heavy atom. The first kappa shape index (κ1) is 11.1. The third-order valence-corrected chi connectivity index (χ3v) is 3.31. The average molecular weight is 245 g/mol. The molecule has 0 N–H and O–H groups in total. The summed E-state index contributed by atoms with van der Waals surface area (Å²) >= 11 is 11.8. The van der Waals surface area contributed by atoms with Crippen molar-refractivity contribution in [3.05, 3.63) is 28.8 Å². The molecule has 1 aromatic rings. The van der Waals surface area contributed by atoms with E-state index in [2.05, 4.69) is 0 Å². The van der Waals surface area contributed by atoms with Gasteiger partial charge in [-0.15, -0.1) is 11.6 Å². The third kappa shape index (κ3) is 3.02. The van der Waals surface area contributed by atoms with E-state index in [1.165, 1.54) is 12.8 Å². The van der Waals surface area contributed by atoms with Gasteiger partial charge >= 0.3 is 0 Å². The summed E-state index contributed by atoms with van der Waals surface area (Å²) < 4.78 is 5.69. The largest absolute Gasteiger partial charge is 0.493 e. The summed E-state index contributed by atoms with van der Waals surface area (Å²) in [5.41, 5.74) is 0.900. The number of hydrogen-bond acceptors (Lipinski definition) is 1. The summed E-state index contributed by atoms with van der Waals surface area (Å²) in [6, 6.07) is 5.66. The highest BCUT2D eigenvalue weighted by atomic mass is 35.5. The molecule has 0 atom stereocenters. The van der Waals surface area contributed by atoms with E-state index in [1.807, 2.05) is 18.2 Å². The van der Waals surface area contributed by atoms with E-state index in [0.717, 1.165) is 30.3 Å². The summed E-state index contributed by atoms with van der Waals surface area (Å²) in [5, 5.41) is 0.689. The van der Waals surface area contributed by atoms with Crippen LogP contribution in [-0.4, -0.2) is 6.61 Å². The minimum absolute atomic E-state index is 0.401. The zero-order valence-electron chi connectivity index (χ0n) is 8.51. The summed E-state index contributed by atoms with van der Waals surface area (Å²) in [6.07, 6.45) is 3.87. The monoisotopic (exact) mass is 244 g/mol. The molecule has 0 aliphatic heterocycles. The Hall–Kier alpha value is -0.400. The number of hydrogen-bond donors (Lipinski definition) is 0. The van der Waals surface area contributed by atoms with Gasteiger partial charge in [0.05, 0.1) is 12.5 Å². The van der Waals surface area contributed by atoms with Crippen LogP contribution in [0, 0.1) is 5.92 Å². The maximum absolute atomic E-state index is 6.02. The van der Waals surface area contributed by atoms with Crippen LogP contribution in [0.3, 0.4) is 0 Å². The fraction of sp³-hybridized carbons (Fsp3) is 0.500. The van der Waals surface area contributed by atoms with E-state index in [4.69, 9.17) is 27.9 Å². The van der Waals surface area contributed by atoms with Crippen LogP contribution in [0.2, 0.25) is 5.02 Å². The molecule has 0 saturated heterocycles. The van der Waals surface area contributed by atoms with Crippen LogP contribution in [0.1, 0.15) is 24.8 Å². The van der Waals surface area contributed by atoms with Crippen molar-refractivity contribution < 1.29 is 4.74 Å². The van der Waals surface area contributed by atoms with Gasteiger partial charge in [-0.25, -0.2) is 0 Å². The lowest BCUT2D eigenvalue weighted by Crippen LogP contribution is -2.00. The molecule has 1 aliphatic rings. The molecule has 0 bridgehead atoms. The minimum atomic E-state index is 0.401. The second-order valence-electron chi connectivity index (χ2n) is 3.93. The smallest absolute Gasteiger partial charge is 0.125 e. The van der Waals surface area contributed by atoms with Crippen LogP contribution in [0.4, 0.5) is 0 Å². The van der Waals surface area contributed by atoms with Crippen LogP contribution in [0.15, 0.2) is 18.2 Å². The Morgan fingerprint density at radius 1 is 1.33 bits per heavy atom. The van der Waals surface area contributed by atoms with E-state index in [-0.39, 0.29) is 0 Å². The average Bonchev–Trinajstić information content (AvgIpc) is 3.02. The predicted molar refractivity (Wildman–Crippen MR) is 63.8 cm³/mol. The van der Waals surface area contributed by atoms with Gasteiger partial charge in [-0.1, -0.05) is 30.5 Å². The minimum Gasteiger partial charge on any atom is -0.493 e. The van der Waals surface area contributed by atoms with Gasteiger partial charge in [0.1, 0.15) is 5.75 Å². The molecule has 1 nitrogen and oxygen atoms in total. The first-order valence-corrected chi connectivity index (χ1v) is 6.18. The van der Waals surface area contributed by atoms with Gasteiger partial charge < -0.3 is 4.74 Å². The number of ether oxygens (including phenoxy) is 1. The number of alkyl halides is 1. The maximum Gasteiger partial charge on any atom is 0.125 e. The molecule has 0 radical (unpaired) electrons. The van der Waals surface area contributed by atoms with Crippen LogP contribution < -0.4 is 4.74 Å². The van der Waals surface area contributed by atoms with Crippen molar-refractivity contribution in [3.8, 4) is 5.75 Å². The van der Waals surface area contributed by atoms with Gasteiger partial charge in [0.2, 0.25) is 0 Å². The number of benzene rings is 1. The topological polar surface area (TPSA) is 9.23 Å². The molecule has 0 amide bonds. The van der Waals surface area contributed by atoms with Gasteiger partial charge in [0, 0.05) is 10.6 Å². The molecule has 1 fully saturated rings. The Kier molecular flexibility index (Phi) is 3.76. The van der Waals surface area contributed by atoms with Crippen molar-refractivity contribution in [3.63, 3.8) is 0 Å². The standard InChI is InChI=1S/C12H14Cl2O/c13-8-10-11(14)2-1-3-12(10)15-7-6-9-4-5-9/h1-3,9H,4-8H2. The Bertz CT molecular complexity index is 334. The lowest BCUT2D eigenvalue weighted by molar-refractivity contribution is 0.300.